The number of benzene rings is 1. The number of carbonyl (C=O) groups is 1. The van der Waals surface area contributed by atoms with Gasteiger partial charge in [0.2, 0.25) is 5.76 Å². The summed E-state index contributed by atoms with van der Waals surface area (Å²) in [7, 11) is -2.93. The molecule has 0 unspecified atom stereocenters. The van der Waals surface area contributed by atoms with Gasteiger partial charge in [-0.05, 0) is 30.3 Å². The standard InChI is InChI=1S/C14H11F3O5S/c1-21-13(18)12-6-5-10(22-12)8-23(19,20)11-4-2-3-9(7-11)14(15,16)17/h2-7H,8H2,1H3. The second-order valence-corrected chi connectivity index (χ2v) is 6.53. The van der Waals surface area contributed by atoms with Gasteiger partial charge in [0.05, 0.1) is 17.6 Å². The smallest absolute Gasteiger partial charge is 0.416 e. The van der Waals surface area contributed by atoms with Gasteiger partial charge >= 0.3 is 12.1 Å². The van der Waals surface area contributed by atoms with Crippen LogP contribution in [0.15, 0.2) is 45.7 Å². The average molecular weight is 348 g/mol. The highest BCUT2D eigenvalue weighted by Gasteiger charge is 2.31. The molecule has 0 aliphatic heterocycles. The zero-order valence-electron chi connectivity index (χ0n) is 11.8. The molecule has 0 aliphatic carbocycles. The van der Waals surface area contributed by atoms with Crippen LogP contribution in [0, 0.1) is 0 Å². The van der Waals surface area contributed by atoms with Crippen LogP contribution >= 0.6 is 0 Å². The summed E-state index contributed by atoms with van der Waals surface area (Å²) in [4.78, 5) is 10.7. The van der Waals surface area contributed by atoms with E-state index in [0.717, 1.165) is 25.3 Å². The molecule has 9 heteroatoms. The van der Waals surface area contributed by atoms with E-state index in [1.165, 1.54) is 12.1 Å². The second kappa shape index (κ2) is 6.07. The third-order valence-electron chi connectivity index (χ3n) is 2.90. The van der Waals surface area contributed by atoms with E-state index in [1.807, 2.05) is 0 Å². The summed E-state index contributed by atoms with van der Waals surface area (Å²) in [5, 5.41) is 0. The first-order valence-electron chi connectivity index (χ1n) is 6.20. The second-order valence-electron chi connectivity index (χ2n) is 4.54. The van der Waals surface area contributed by atoms with Crippen molar-refractivity contribution in [2.24, 2.45) is 0 Å². The molecule has 23 heavy (non-hydrogen) atoms. The molecule has 0 aliphatic rings. The van der Waals surface area contributed by atoms with Gasteiger partial charge in [-0.15, -0.1) is 0 Å². The number of esters is 1. The summed E-state index contributed by atoms with van der Waals surface area (Å²) < 4.78 is 71.7. The minimum Gasteiger partial charge on any atom is -0.463 e. The van der Waals surface area contributed by atoms with Crippen LogP contribution in [0.3, 0.4) is 0 Å². The van der Waals surface area contributed by atoms with Gasteiger partial charge in [0, 0.05) is 0 Å². The monoisotopic (exact) mass is 348 g/mol. The number of sulfone groups is 1. The summed E-state index contributed by atoms with van der Waals surface area (Å²) >= 11 is 0. The van der Waals surface area contributed by atoms with E-state index < -0.39 is 38.2 Å². The third-order valence-corrected chi connectivity index (χ3v) is 4.54. The maximum Gasteiger partial charge on any atom is 0.416 e. The van der Waals surface area contributed by atoms with E-state index in [9.17, 15) is 26.4 Å². The van der Waals surface area contributed by atoms with E-state index in [0.29, 0.717) is 6.07 Å². The SMILES string of the molecule is COC(=O)c1ccc(CS(=O)(=O)c2cccc(C(F)(F)F)c2)o1. The van der Waals surface area contributed by atoms with Gasteiger partial charge in [0.1, 0.15) is 11.5 Å². The molecule has 1 aromatic heterocycles. The lowest BCUT2D eigenvalue weighted by atomic mass is 10.2. The van der Waals surface area contributed by atoms with Gasteiger partial charge in [-0.2, -0.15) is 13.2 Å². The highest BCUT2D eigenvalue weighted by atomic mass is 32.2. The molecule has 0 saturated carbocycles. The molecule has 0 bridgehead atoms. The molecular formula is C14H11F3O5S. The third kappa shape index (κ3) is 3.92. The highest BCUT2D eigenvalue weighted by molar-refractivity contribution is 7.90. The number of furan rings is 1. The zero-order valence-corrected chi connectivity index (χ0v) is 12.6. The molecule has 0 radical (unpaired) electrons. The van der Waals surface area contributed by atoms with E-state index in [-0.39, 0.29) is 11.5 Å². The fraction of sp³-hybridized carbons (Fsp3) is 0.214. The number of halogens is 3. The lowest BCUT2D eigenvalue weighted by Gasteiger charge is -2.08. The number of alkyl halides is 3. The Morgan fingerprint density at radius 1 is 1.22 bits per heavy atom. The van der Waals surface area contributed by atoms with Gasteiger partial charge in [-0.25, -0.2) is 13.2 Å². The Bertz CT molecular complexity index is 821. The molecule has 0 amide bonds. The molecule has 0 atom stereocenters. The van der Waals surface area contributed by atoms with Crippen LogP contribution < -0.4 is 0 Å². The van der Waals surface area contributed by atoms with Crippen LogP contribution in [0.5, 0.6) is 0 Å². The van der Waals surface area contributed by atoms with Gasteiger partial charge in [-0.1, -0.05) is 6.07 Å². The van der Waals surface area contributed by atoms with Crippen LogP contribution in [0.4, 0.5) is 13.2 Å². The first-order chi connectivity index (χ1) is 10.6. The molecule has 0 saturated heterocycles. The molecule has 2 aromatic rings. The van der Waals surface area contributed by atoms with Gasteiger partial charge < -0.3 is 9.15 Å². The molecule has 2 rings (SSSR count). The van der Waals surface area contributed by atoms with Crippen LogP contribution in [-0.4, -0.2) is 21.5 Å². The number of hydrogen-bond donors (Lipinski definition) is 0. The van der Waals surface area contributed by atoms with Crippen molar-refractivity contribution in [2.45, 2.75) is 16.8 Å². The Morgan fingerprint density at radius 3 is 2.52 bits per heavy atom. The Morgan fingerprint density at radius 2 is 1.91 bits per heavy atom. The number of hydrogen-bond acceptors (Lipinski definition) is 5. The first-order valence-corrected chi connectivity index (χ1v) is 7.86. The maximum atomic E-state index is 12.6. The van der Waals surface area contributed by atoms with Crippen molar-refractivity contribution in [2.75, 3.05) is 7.11 Å². The Hall–Kier alpha value is -2.29. The van der Waals surface area contributed by atoms with Crippen LogP contribution in [-0.2, 0) is 26.5 Å². The van der Waals surface area contributed by atoms with Crippen LogP contribution in [0.1, 0.15) is 21.9 Å². The lowest BCUT2D eigenvalue weighted by Crippen LogP contribution is -2.09. The topological polar surface area (TPSA) is 73.6 Å². The average Bonchev–Trinajstić information content (AvgIpc) is 2.93. The normalized spacial score (nSPS) is 12.2. The Balaban J connectivity index is 2.29. The minimum atomic E-state index is -4.64. The van der Waals surface area contributed by atoms with Crippen LogP contribution in [0.25, 0.3) is 0 Å². The lowest BCUT2D eigenvalue weighted by molar-refractivity contribution is -0.137. The quantitative estimate of drug-likeness (QED) is 0.794. The van der Waals surface area contributed by atoms with Crippen molar-refractivity contribution in [3.63, 3.8) is 0 Å². The van der Waals surface area contributed by atoms with E-state index in [2.05, 4.69) is 4.74 Å². The van der Waals surface area contributed by atoms with E-state index in [4.69, 9.17) is 4.42 Å². The van der Waals surface area contributed by atoms with Crippen molar-refractivity contribution in [1.82, 2.24) is 0 Å². The minimum absolute atomic E-state index is 0.0807. The zero-order chi connectivity index (χ0) is 17.3. The molecule has 124 valence electrons. The predicted molar refractivity (Wildman–Crippen MR) is 72.4 cm³/mol. The summed E-state index contributed by atoms with van der Waals surface area (Å²) in [6.45, 7) is 0. The van der Waals surface area contributed by atoms with E-state index in [1.54, 1.807) is 0 Å². The Kier molecular flexibility index (Phi) is 4.51. The largest absolute Gasteiger partial charge is 0.463 e. The fourth-order valence-electron chi connectivity index (χ4n) is 1.80. The summed E-state index contributed by atoms with van der Waals surface area (Å²) in [6, 6.07) is 5.88. The Labute approximate surface area is 129 Å². The molecular weight excluding hydrogens is 337 g/mol. The molecule has 0 N–H and O–H groups in total. The number of ether oxygens (including phenoxy) is 1. The van der Waals surface area contributed by atoms with Gasteiger partial charge in [-0.3, -0.25) is 0 Å². The van der Waals surface area contributed by atoms with Gasteiger partial charge in [0.25, 0.3) is 0 Å². The highest BCUT2D eigenvalue weighted by Crippen LogP contribution is 2.31. The predicted octanol–water partition coefficient (Wildman–Crippen LogP) is 3.06. The summed E-state index contributed by atoms with van der Waals surface area (Å²) in [5.41, 5.74) is -1.06. The van der Waals surface area contributed by atoms with Crippen molar-refractivity contribution >= 4 is 15.8 Å². The molecule has 0 fully saturated rings. The molecule has 0 spiro atoms. The molecule has 1 aromatic carbocycles. The number of carbonyl (C=O) groups excluding carboxylic acids is 1. The van der Waals surface area contributed by atoms with E-state index >= 15 is 0 Å². The fourth-order valence-corrected chi connectivity index (χ4v) is 3.09. The maximum absolute atomic E-state index is 12.6. The molecule has 1 heterocycles. The van der Waals surface area contributed by atoms with Crippen molar-refractivity contribution in [3.8, 4) is 0 Å². The summed E-state index contributed by atoms with van der Waals surface area (Å²) in [5.74, 6) is -1.73. The van der Waals surface area contributed by atoms with Crippen molar-refractivity contribution in [3.05, 3.63) is 53.5 Å². The van der Waals surface area contributed by atoms with Gasteiger partial charge in [0.15, 0.2) is 9.84 Å². The van der Waals surface area contributed by atoms with Crippen molar-refractivity contribution in [1.29, 1.82) is 0 Å². The first kappa shape index (κ1) is 17.1. The number of methoxy groups -OCH3 is 1. The van der Waals surface area contributed by atoms with Crippen LogP contribution in [0.2, 0.25) is 0 Å². The molecule has 5 nitrogen and oxygen atoms in total. The van der Waals surface area contributed by atoms with Crippen molar-refractivity contribution < 1.29 is 35.5 Å². The summed E-state index contributed by atoms with van der Waals surface area (Å²) in [6.07, 6.45) is -4.64. The number of rotatable bonds is 4.